The fraction of sp³-hybridized carbons (Fsp3) is 0.220. The maximum atomic E-state index is 13.7. The van der Waals surface area contributed by atoms with Crippen molar-refractivity contribution in [2.24, 2.45) is 0 Å². The Hall–Kier alpha value is -7.69. The van der Waals surface area contributed by atoms with Gasteiger partial charge < -0.3 is 25.6 Å². The van der Waals surface area contributed by atoms with Gasteiger partial charge in [-0.2, -0.15) is 19.2 Å². The normalized spacial score (nSPS) is 13.6. The van der Waals surface area contributed by atoms with Crippen molar-refractivity contribution in [2.75, 3.05) is 36.9 Å². The number of fused-ring (bicyclic) bond motifs is 4. The average Bonchev–Trinajstić information content (AvgIpc) is 4.21. The van der Waals surface area contributed by atoms with Crippen LogP contribution in [0, 0.1) is 11.6 Å². The highest BCUT2D eigenvalue weighted by molar-refractivity contribution is 5.95. The van der Waals surface area contributed by atoms with Crippen molar-refractivity contribution in [3.05, 3.63) is 167 Å². The number of benzene rings is 2. The van der Waals surface area contributed by atoms with E-state index in [9.17, 15) is 23.8 Å². The monoisotopic (exact) mass is 888 g/mol. The van der Waals surface area contributed by atoms with E-state index >= 15 is 0 Å². The molecule has 334 valence electrons. The average molecular weight is 889 g/mol. The molecule has 4 N–H and O–H groups in total. The van der Waals surface area contributed by atoms with Gasteiger partial charge in [-0.05, 0) is 84.1 Å². The molecule has 6 aromatic heterocycles. The largest absolute Gasteiger partial charge is 0.477 e. The Bertz CT molecular complexity index is 3100. The molecule has 1 saturated heterocycles. The van der Waals surface area contributed by atoms with Gasteiger partial charge >= 0.3 is 5.97 Å². The number of carboxylic acids is 1. The van der Waals surface area contributed by atoms with Crippen LogP contribution in [0.25, 0.3) is 45.0 Å². The van der Waals surface area contributed by atoms with Crippen molar-refractivity contribution in [3.63, 3.8) is 0 Å². The van der Waals surface area contributed by atoms with Gasteiger partial charge in [-0.1, -0.05) is 60.7 Å². The Morgan fingerprint density at radius 2 is 1.18 bits per heavy atom. The first-order chi connectivity index (χ1) is 32.3. The van der Waals surface area contributed by atoms with Crippen LogP contribution in [-0.2, 0) is 24.2 Å². The lowest BCUT2D eigenvalue weighted by Crippen LogP contribution is -2.09. The lowest BCUT2D eigenvalue weighted by atomic mass is 10.0. The molecule has 3 aliphatic rings. The van der Waals surface area contributed by atoms with Gasteiger partial charge in [0.25, 0.3) is 0 Å². The SMILES string of the molecule is C1CCOC1.O=C(O)c1cnn2c(NCCC3=CCc4ccccc43)cc(-c3cncc(F)c3)nc12.OCc1cnn2c(NCCC3=CCc4ccccc43)cc(-c3cncc(F)c3)nc12. The summed E-state index contributed by atoms with van der Waals surface area (Å²) in [5.41, 5.74) is 11.2. The number of nitrogens with one attached hydrogen (secondary N) is 2. The minimum Gasteiger partial charge on any atom is -0.477 e. The van der Waals surface area contributed by atoms with E-state index in [0.29, 0.717) is 52.6 Å². The minimum absolute atomic E-state index is 0.0262. The van der Waals surface area contributed by atoms with Gasteiger partial charge in [-0.3, -0.25) is 9.97 Å². The summed E-state index contributed by atoms with van der Waals surface area (Å²) < 4.78 is 35.4. The van der Waals surface area contributed by atoms with Gasteiger partial charge in [0.2, 0.25) is 0 Å². The highest BCUT2D eigenvalue weighted by Gasteiger charge is 2.19. The number of hydrogen-bond donors (Lipinski definition) is 4. The number of ether oxygens (including phenoxy) is 1. The van der Waals surface area contributed by atoms with Crippen molar-refractivity contribution < 1.29 is 28.5 Å². The van der Waals surface area contributed by atoms with Crippen molar-refractivity contribution in [1.29, 1.82) is 0 Å². The molecule has 14 nitrogen and oxygen atoms in total. The molecule has 0 unspecified atom stereocenters. The van der Waals surface area contributed by atoms with Crippen molar-refractivity contribution in [1.82, 2.24) is 39.2 Å². The van der Waals surface area contributed by atoms with Gasteiger partial charge in [0, 0.05) is 67.5 Å². The minimum atomic E-state index is -1.13. The van der Waals surface area contributed by atoms with Crippen molar-refractivity contribution >= 4 is 40.0 Å². The molecule has 0 saturated carbocycles. The maximum absolute atomic E-state index is 13.7. The second-order valence-electron chi connectivity index (χ2n) is 15.9. The third-order valence-electron chi connectivity index (χ3n) is 11.5. The number of aromatic nitrogens is 8. The van der Waals surface area contributed by atoms with Crippen LogP contribution < -0.4 is 10.6 Å². The molecule has 11 rings (SSSR count). The molecule has 8 aromatic rings. The predicted molar refractivity (Wildman–Crippen MR) is 248 cm³/mol. The smallest absolute Gasteiger partial charge is 0.341 e. The number of allylic oxidation sites excluding steroid dienone is 2. The Kier molecular flexibility index (Phi) is 13.2. The molecule has 2 aliphatic carbocycles. The number of aliphatic hydroxyl groups is 1. The zero-order valence-corrected chi connectivity index (χ0v) is 35.9. The molecular formula is C50H46F2N10O4. The summed E-state index contributed by atoms with van der Waals surface area (Å²) in [6, 6.07) is 23.1. The molecule has 0 spiro atoms. The zero-order chi connectivity index (χ0) is 45.4. The first-order valence-corrected chi connectivity index (χ1v) is 21.8. The van der Waals surface area contributed by atoms with Gasteiger partial charge in [-0.15, -0.1) is 0 Å². The Labute approximate surface area is 378 Å². The van der Waals surface area contributed by atoms with E-state index in [2.05, 4.69) is 89.3 Å². The summed E-state index contributed by atoms with van der Waals surface area (Å²) in [7, 11) is 0. The molecule has 2 aromatic carbocycles. The van der Waals surface area contributed by atoms with E-state index in [4.69, 9.17) is 4.74 Å². The number of hydrogen-bond acceptors (Lipinski definition) is 11. The van der Waals surface area contributed by atoms with Gasteiger partial charge in [0.1, 0.15) is 28.8 Å². The van der Waals surface area contributed by atoms with Crippen LogP contribution in [0.3, 0.4) is 0 Å². The molecule has 16 heteroatoms. The Morgan fingerprint density at radius 1 is 0.667 bits per heavy atom. The van der Waals surface area contributed by atoms with E-state index in [1.54, 1.807) is 23.0 Å². The van der Waals surface area contributed by atoms with Crippen LogP contribution in [0.4, 0.5) is 20.4 Å². The standard InChI is InChI=1S/C23H18FN5O2.C23H20FN5O.C4H8O/c24-17-9-16(11-25-12-17)20-10-21(29-22(28-20)19(13-27-29)23(30)31)26-8-7-15-6-5-14-3-1-2-4-18(14)15;24-19-9-17(11-25-13-19)21-10-22(29-23(28-21)18(14-30)12-27-29)26-8-7-16-6-5-15-3-1-2-4-20(15)16;1-2-4-5-3-1/h1-4,6,9-13,26H,5,7-8H2,(H,30,31);1-4,6,9-13,26,30H,5,7-8,14H2;1-4H2. The zero-order valence-electron chi connectivity index (χ0n) is 35.9. The summed E-state index contributed by atoms with van der Waals surface area (Å²) in [6.45, 7) is 3.14. The van der Waals surface area contributed by atoms with Crippen molar-refractivity contribution in [3.8, 4) is 22.5 Å². The third-order valence-corrected chi connectivity index (χ3v) is 11.5. The topological polar surface area (TPSA) is 177 Å². The predicted octanol–water partition coefficient (Wildman–Crippen LogP) is 8.73. The highest BCUT2D eigenvalue weighted by Crippen LogP contribution is 2.32. The number of aliphatic hydroxyl groups excluding tert-OH is 1. The molecule has 66 heavy (non-hydrogen) atoms. The second kappa shape index (κ2) is 20.0. The van der Waals surface area contributed by atoms with E-state index in [0.717, 1.165) is 57.1 Å². The number of aromatic carboxylic acids is 1. The summed E-state index contributed by atoms with van der Waals surface area (Å²) in [4.78, 5) is 28.4. The summed E-state index contributed by atoms with van der Waals surface area (Å²) in [5, 5.41) is 34.4. The molecule has 1 fully saturated rings. The van der Waals surface area contributed by atoms with Crippen LogP contribution in [-0.4, -0.2) is 81.6 Å². The van der Waals surface area contributed by atoms with Crippen LogP contribution >= 0.6 is 0 Å². The van der Waals surface area contributed by atoms with Gasteiger partial charge in [0.15, 0.2) is 11.3 Å². The molecule has 0 atom stereocenters. The molecule has 7 heterocycles. The summed E-state index contributed by atoms with van der Waals surface area (Å²) in [5.74, 6) is -0.746. The van der Waals surface area contributed by atoms with Gasteiger partial charge in [-0.25, -0.2) is 23.5 Å². The number of anilines is 2. The van der Waals surface area contributed by atoms with E-state index in [1.807, 2.05) is 18.2 Å². The number of pyridine rings is 2. The van der Waals surface area contributed by atoms with E-state index < -0.39 is 17.6 Å². The number of carboxylic acid groups (broad SMARTS) is 1. The van der Waals surface area contributed by atoms with Gasteiger partial charge in [0.05, 0.1) is 42.8 Å². The highest BCUT2D eigenvalue weighted by atomic mass is 19.1. The van der Waals surface area contributed by atoms with Crippen LogP contribution in [0.15, 0.2) is 122 Å². The molecule has 0 radical (unpaired) electrons. The molecule has 1 aliphatic heterocycles. The molecule has 0 bridgehead atoms. The van der Waals surface area contributed by atoms with E-state index in [1.165, 1.54) is 75.3 Å². The summed E-state index contributed by atoms with van der Waals surface area (Å²) >= 11 is 0. The van der Waals surface area contributed by atoms with Crippen LogP contribution in [0.1, 0.15) is 63.9 Å². The Morgan fingerprint density at radius 3 is 1.68 bits per heavy atom. The van der Waals surface area contributed by atoms with Crippen molar-refractivity contribution in [2.45, 2.75) is 45.1 Å². The number of carbonyl (C=O) groups is 1. The maximum Gasteiger partial charge on any atom is 0.341 e. The molecular weight excluding hydrogens is 843 g/mol. The third kappa shape index (κ3) is 9.69. The fourth-order valence-electron chi connectivity index (χ4n) is 8.23. The lowest BCUT2D eigenvalue weighted by molar-refractivity contribution is 0.0698. The first-order valence-electron chi connectivity index (χ1n) is 21.8. The van der Waals surface area contributed by atoms with Crippen LogP contribution in [0.2, 0.25) is 0 Å². The number of halogens is 2. The molecule has 0 amide bonds. The second-order valence-corrected chi connectivity index (χ2v) is 15.9. The lowest BCUT2D eigenvalue weighted by Gasteiger charge is -2.12. The number of nitrogens with zero attached hydrogens (tertiary/aromatic N) is 8. The number of rotatable bonds is 12. The van der Waals surface area contributed by atoms with Crippen LogP contribution in [0.5, 0.6) is 0 Å². The summed E-state index contributed by atoms with van der Waals surface area (Å²) in [6.07, 6.45) is 18.8. The first kappa shape index (κ1) is 43.6. The fourth-order valence-corrected chi connectivity index (χ4v) is 8.23. The van der Waals surface area contributed by atoms with E-state index in [-0.39, 0.29) is 17.8 Å². The Balaban J connectivity index is 0.000000150. The quantitative estimate of drug-likeness (QED) is 0.0919.